The predicted octanol–water partition coefficient (Wildman–Crippen LogP) is 7.95. The van der Waals surface area contributed by atoms with E-state index >= 15 is 0 Å². The molecule has 1 atom stereocenters. The number of para-hydroxylation sites is 4. The van der Waals surface area contributed by atoms with Crippen LogP contribution in [0.2, 0.25) is 0 Å². The van der Waals surface area contributed by atoms with E-state index in [2.05, 4.69) is 149 Å². The highest BCUT2D eigenvalue weighted by molar-refractivity contribution is 8.25. The number of nitrogens with zero attached hydrogens (tertiary/aromatic N) is 2. The van der Waals surface area contributed by atoms with Gasteiger partial charge in [0.2, 0.25) is 0 Å². The number of fused-ring (bicyclic) bond motifs is 8. The Morgan fingerprint density at radius 2 is 1.00 bits per heavy atom. The molecule has 0 radical (unpaired) electrons. The molecule has 2 aromatic heterocycles. The van der Waals surface area contributed by atoms with Gasteiger partial charge in [-0.15, -0.1) is 0 Å². The van der Waals surface area contributed by atoms with E-state index in [1.807, 2.05) is 0 Å². The van der Waals surface area contributed by atoms with Crippen molar-refractivity contribution in [3.8, 4) is 11.4 Å². The first kappa shape index (κ1) is 22.4. The molecule has 0 N–H and O–H groups in total. The van der Waals surface area contributed by atoms with Crippen molar-refractivity contribution in [2.45, 2.75) is 0 Å². The maximum Gasteiger partial charge on any atom is 0.0632 e. The molecule has 8 aromatic rings. The van der Waals surface area contributed by atoms with Gasteiger partial charge in [0.05, 0.1) is 27.8 Å². The van der Waals surface area contributed by atoms with E-state index in [1.54, 1.807) is 0 Å². The smallest absolute Gasteiger partial charge is 0.0632 e. The average Bonchev–Trinajstić information content (AvgIpc) is 3.54. The molecular formula is C36H23N2PS. The van der Waals surface area contributed by atoms with Crippen molar-refractivity contribution in [1.29, 1.82) is 0 Å². The van der Waals surface area contributed by atoms with Gasteiger partial charge in [-0.3, -0.25) is 0 Å². The zero-order chi connectivity index (χ0) is 26.4. The first-order chi connectivity index (χ1) is 19.7. The summed E-state index contributed by atoms with van der Waals surface area (Å²) in [7, 11) is 0. The normalized spacial score (nSPS) is 16.2. The van der Waals surface area contributed by atoms with E-state index in [4.69, 9.17) is 11.8 Å². The van der Waals surface area contributed by atoms with Crippen molar-refractivity contribution >= 4 is 77.4 Å². The van der Waals surface area contributed by atoms with Gasteiger partial charge in [-0.05, 0) is 41.7 Å². The van der Waals surface area contributed by atoms with E-state index in [1.165, 1.54) is 65.2 Å². The second kappa shape index (κ2) is 8.05. The van der Waals surface area contributed by atoms with Crippen LogP contribution in [0.1, 0.15) is 0 Å². The van der Waals surface area contributed by atoms with Gasteiger partial charge < -0.3 is 9.13 Å². The third kappa shape index (κ3) is 2.76. The Kier molecular flexibility index (Phi) is 4.51. The molecule has 40 heavy (non-hydrogen) atoms. The van der Waals surface area contributed by atoms with Crippen LogP contribution in [0.5, 0.6) is 0 Å². The van der Waals surface area contributed by atoms with Crippen molar-refractivity contribution < 1.29 is 0 Å². The minimum atomic E-state index is -2.31. The number of hydrogen-bond acceptors (Lipinski definition) is 1. The molecule has 6 aromatic carbocycles. The van der Waals surface area contributed by atoms with Crippen molar-refractivity contribution in [3.05, 3.63) is 140 Å². The molecule has 0 bridgehead atoms. The van der Waals surface area contributed by atoms with Crippen LogP contribution >= 0.6 is 6.04 Å². The molecule has 0 fully saturated rings. The molecule has 3 heterocycles. The quantitative estimate of drug-likeness (QED) is 0.200. The maximum atomic E-state index is 6.86. The summed E-state index contributed by atoms with van der Waals surface area (Å²) in [5, 5.41) is 8.84. The number of aromatic nitrogens is 2. The third-order valence-corrected chi connectivity index (χ3v) is 13.4. The van der Waals surface area contributed by atoms with Gasteiger partial charge in [-0.2, -0.15) is 0 Å². The summed E-state index contributed by atoms with van der Waals surface area (Å²) in [6, 6.07) is 48.3. The van der Waals surface area contributed by atoms with Crippen LogP contribution in [0.25, 0.3) is 55.0 Å². The van der Waals surface area contributed by atoms with Crippen LogP contribution in [0.4, 0.5) is 0 Å². The van der Waals surface area contributed by atoms with Crippen molar-refractivity contribution in [2.24, 2.45) is 0 Å². The zero-order valence-corrected chi connectivity index (χ0v) is 23.2. The maximum absolute atomic E-state index is 6.86. The Balaban J connectivity index is 1.46. The molecule has 1 aliphatic rings. The molecule has 188 valence electrons. The van der Waals surface area contributed by atoms with Crippen LogP contribution in [0.3, 0.4) is 0 Å². The van der Waals surface area contributed by atoms with Crippen LogP contribution in [0, 0.1) is 0 Å². The van der Waals surface area contributed by atoms with Gasteiger partial charge in [0.25, 0.3) is 0 Å². The molecule has 0 amide bonds. The minimum Gasteiger partial charge on any atom is -0.309 e. The largest absolute Gasteiger partial charge is 0.309 e. The zero-order valence-electron chi connectivity index (χ0n) is 21.5. The van der Waals surface area contributed by atoms with Gasteiger partial charge in [0.1, 0.15) is 0 Å². The van der Waals surface area contributed by atoms with Gasteiger partial charge in [0, 0.05) is 43.9 Å². The Labute approximate surface area is 236 Å². The van der Waals surface area contributed by atoms with Crippen molar-refractivity contribution in [3.63, 3.8) is 0 Å². The van der Waals surface area contributed by atoms with Gasteiger partial charge >= 0.3 is 0 Å². The molecule has 0 saturated heterocycles. The third-order valence-electron chi connectivity index (χ3n) is 8.51. The lowest BCUT2D eigenvalue weighted by atomic mass is 10.1. The predicted molar refractivity (Wildman–Crippen MR) is 175 cm³/mol. The lowest BCUT2D eigenvalue weighted by molar-refractivity contribution is 1.14. The minimum absolute atomic E-state index is 1.15. The number of benzene rings is 6. The van der Waals surface area contributed by atoms with E-state index in [0.29, 0.717) is 0 Å². The summed E-state index contributed by atoms with van der Waals surface area (Å²) < 4.78 is 4.88. The van der Waals surface area contributed by atoms with Gasteiger partial charge in [0.15, 0.2) is 0 Å². The lowest BCUT2D eigenvalue weighted by Crippen LogP contribution is -2.32. The topological polar surface area (TPSA) is 9.86 Å². The first-order valence-electron chi connectivity index (χ1n) is 13.6. The van der Waals surface area contributed by atoms with Crippen LogP contribution in [-0.4, -0.2) is 9.13 Å². The second-order valence-corrected chi connectivity index (χ2v) is 14.9. The van der Waals surface area contributed by atoms with E-state index in [-0.39, 0.29) is 0 Å². The molecule has 2 nitrogen and oxygen atoms in total. The molecule has 1 aliphatic heterocycles. The highest BCUT2D eigenvalue weighted by Gasteiger charge is 2.36. The van der Waals surface area contributed by atoms with Crippen LogP contribution in [0.15, 0.2) is 140 Å². The fraction of sp³-hybridized carbons (Fsp3) is 0. The average molecular weight is 547 g/mol. The summed E-state index contributed by atoms with van der Waals surface area (Å²) in [5.41, 5.74) is 7.24. The Bertz CT molecular complexity index is 2310. The summed E-state index contributed by atoms with van der Waals surface area (Å²) >= 11 is 6.86. The highest BCUT2D eigenvalue weighted by Crippen LogP contribution is 2.51. The standard InChI is InChI=1S/C36H23N2PS/c40-39(25-11-2-1-3-12-25)34-22-21-24(37-30-17-7-4-13-26(30)27-14-5-8-18-31(27)37)23-33(34)38-32-19-9-6-15-28(32)29-16-10-20-35(39)36(29)38/h1-23H. The second-order valence-electron chi connectivity index (χ2n) is 10.5. The monoisotopic (exact) mass is 546 g/mol. The Hall–Kier alpha value is -4.43. The molecular weight excluding hydrogens is 523 g/mol. The molecule has 0 aliphatic carbocycles. The van der Waals surface area contributed by atoms with Crippen molar-refractivity contribution in [1.82, 2.24) is 9.13 Å². The summed E-state index contributed by atoms with van der Waals surface area (Å²) in [5.74, 6) is 0. The molecule has 4 heteroatoms. The Morgan fingerprint density at radius 1 is 0.450 bits per heavy atom. The number of rotatable bonds is 2. The highest BCUT2D eigenvalue weighted by atomic mass is 32.4. The summed E-state index contributed by atoms with van der Waals surface area (Å²) in [4.78, 5) is 0. The van der Waals surface area contributed by atoms with Crippen LogP contribution < -0.4 is 15.9 Å². The SMILES string of the molecule is S=P1(c2ccccc2)c2ccc(-n3c4ccccc4c4ccccc43)cc2-n2c3ccccc3c3cccc1c32. The van der Waals surface area contributed by atoms with E-state index in [9.17, 15) is 0 Å². The van der Waals surface area contributed by atoms with Gasteiger partial charge in [-0.1, -0.05) is 115 Å². The fourth-order valence-electron chi connectivity index (χ4n) is 6.85. The van der Waals surface area contributed by atoms with Crippen molar-refractivity contribution in [2.75, 3.05) is 0 Å². The first-order valence-corrected chi connectivity index (χ1v) is 16.4. The summed E-state index contributed by atoms with van der Waals surface area (Å²) in [6.07, 6.45) is 0. The van der Waals surface area contributed by atoms with E-state index < -0.39 is 6.04 Å². The molecule has 0 spiro atoms. The molecule has 0 saturated carbocycles. The molecule has 1 unspecified atom stereocenters. The van der Waals surface area contributed by atoms with Gasteiger partial charge in [-0.25, -0.2) is 0 Å². The Morgan fingerprint density at radius 3 is 1.68 bits per heavy atom. The number of hydrogen-bond donors (Lipinski definition) is 0. The van der Waals surface area contributed by atoms with Crippen LogP contribution in [-0.2, 0) is 11.8 Å². The summed E-state index contributed by atoms with van der Waals surface area (Å²) in [6.45, 7) is 0. The lowest BCUT2D eigenvalue weighted by Gasteiger charge is -2.32. The van der Waals surface area contributed by atoms with E-state index in [0.717, 1.165) is 5.69 Å². The fourth-order valence-corrected chi connectivity index (χ4v) is 11.1. The molecule has 9 rings (SSSR count).